The number of fused-ring (bicyclic) bond motifs is 1. The standard InChI is InChI=1S/C24H20N2O4/c1-16-6-10-18(11-7-16)23(29)24-25-20-4-2-3-5-21(20)26(24)19-12-8-17(9-13-19)14-30-15-22(27)28/h2-13H,14-15H2,1H3,(H,27,28). The van der Waals surface area contributed by atoms with Gasteiger partial charge in [-0.15, -0.1) is 0 Å². The Morgan fingerprint density at radius 2 is 1.67 bits per heavy atom. The van der Waals surface area contributed by atoms with E-state index >= 15 is 0 Å². The van der Waals surface area contributed by atoms with Crippen molar-refractivity contribution in [2.75, 3.05) is 6.61 Å². The number of aryl methyl sites for hydroxylation is 1. The summed E-state index contributed by atoms with van der Waals surface area (Å²) in [5.41, 5.74) is 4.87. The predicted molar refractivity (Wildman–Crippen MR) is 113 cm³/mol. The molecule has 4 rings (SSSR count). The van der Waals surface area contributed by atoms with Crippen molar-refractivity contribution in [2.24, 2.45) is 0 Å². The predicted octanol–water partition coefficient (Wildman–Crippen LogP) is 4.17. The Labute approximate surface area is 173 Å². The van der Waals surface area contributed by atoms with Gasteiger partial charge in [-0.1, -0.05) is 54.1 Å². The minimum atomic E-state index is -1.00. The second-order valence-electron chi connectivity index (χ2n) is 7.01. The first kappa shape index (κ1) is 19.5. The average Bonchev–Trinajstić information content (AvgIpc) is 3.14. The van der Waals surface area contributed by atoms with Crippen LogP contribution in [0.3, 0.4) is 0 Å². The van der Waals surface area contributed by atoms with Crippen LogP contribution in [0.1, 0.15) is 27.3 Å². The molecule has 0 spiro atoms. The van der Waals surface area contributed by atoms with Crippen LogP contribution >= 0.6 is 0 Å². The van der Waals surface area contributed by atoms with Crippen molar-refractivity contribution in [3.8, 4) is 5.69 Å². The lowest BCUT2D eigenvalue weighted by Gasteiger charge is -2.10. The zero-order valence-corrected chi connectivity index (χ0v) is 16.4. The fourth-order valence-electron chi connectivity index (χ4n) is 3.27. The Hall–Kier alpha value is -3.77. The molecule has 0 fully saturated rings. The molecule has 6 heteroatoms. The summed E-state index contributed by atoms with van der Waals surface area (Å²) in [5.74, 6) is -0.814. The Morgan fingerprint density at radius 3 is 2.37 bits per heavy atom. The molecule has 0 saturated heterocycles. The average molecular weight is 400 g/mol. The first-order chi connectivity index (χ1) is 14.5. The number of ether oxygens (including phenoxy) is 1. The maximum atomic E-state index is 13.2. The fourth-order valence-corrected chi connectivity index (χ4v) is 3.27. The van der Waals surface area contributed by atoms with Gasteiger partial charge in [0.25, 0.3) is 0 Å². The van der Waals surface area contributed by atoms with E-state index in [0.717, 1.165) is 27.8 Å². The fraction of sp³-hybridized carbons (Fsp3) is 0.125. The van der Waals surface area contributed by atoms with Crippen molar-refractivity contribution in [2.45, 2.75) is 13.5 Å². The molecular weight excluding hydrogens is 380 g/mol. The van der Waals surface area contributed by atoms with Gasteiger partial charge in [0.15, 0.2) is 5.82 Å². The Balaban J connectivity index is 1.72. The van der Waals surface area contributed by atoms with Gasteiger partial charge in [0.05, 0.1) is 17.6 Å². The van der Waals surface area contributed by atoms with Gasteiger partial charge in [-0.25, -0.2) is 9.78 Å². The number of hydrogen-bond acceptors (Lipinski definition) is 4. The van der Waals surface area contributed by atoms with Gasteiger partial charge >= 0.3 is 5.97 Å². The van der Waals surface area contributed by atoms with Crippen molar-refractivity contribution < 1.29 is 19.4 Å². The van der Waals surface area contributed by atoms with E-state index in [0.29, 0.717) is 11.4 Å². The number of hydrogen-bond donors (Lipinski definition) is 1. The molecule has 3 aromatic carbocycles. The third-order valence-electron chi connectivity index (χ3n) is 4.77. The highest BCUT2D eigenvalue weighted by molar-refractivity contribution is 6.08. The highest BCUT2D eigenvalue weighted by Crippen LogP contribution is 2.24. The molecule has 30 heavy (non-hydrogen) atoms. The first-order valence-electron chi connectivity index (χ1n) is 9.50. The van der Waals surface area contributed by atoms with E-state index in [2.05, 4.69) is 4.98 Å². The lowest BCUT2D eigenvalue weighted by Crippen LogP contribution is -2.10. The second-order valence-corrected chi connectivity index (χ2v) is 7.01. The second kappa shape index (κ2) is 8.31. The van der Waals surface area contributed by atoms with Gasteiger partial charge in [-0.3, -0.25) is 9.36 Å². The molecule has 0 atom stereocenters. The number of nitrogens with zero attached hydrogens (tertiary/aromatic N) is 2. The van der Waals surface area contributed by atoms with Crippen LogP contribution in [0.4, 0.5) is 0 Å². The zero-order valence-electron chi connectivity index (χ0n) is 16.4. The molecule has 0 aliphatic heterocycles. The maximum Gasteiger partial charge on any atom is 0.329 e. The number of carbonyl (C=O) groups excluding carboxylic acids is 1. The Kier molecular flexibility index (Phi) is 5.41. The molecule has 0 radical (unpaired) electrons. The third kappa shape index (κ3) is 3.99. The van der Waals surface area contributed by atoms with Crippen LogP contribution in [-0.2, 0) is 16.1 Å². The highest BCUT2D eigenvalue weighted by Gasteiger charge is 2.20. The highest BCUT2D eigenvalue weighted by atomic mass is 16.5. The van der Waals surface area contributed by atoms with E-state index < -0.39 is 5.97 Å². The first-order valence-corrected chi connectivity index (χ1v) is 9.50. The van der Waals surface area contributed by atoms with Crippen molar-refractivity contribution in [1.82, 2.24) is 9.55 Å². The van der Waals surface area contributed by atoms with E-state index in [1.165, 1.54) is 0 Å². The number of aromatic nitrogens is 2. The number of aliphatic carboxylic acids is 1. The molecule has 0 bridgehead atoms. The number of carboxylic acids is 1. The number of para-hydroxylation sites is 2. The SMILES string of the molecule is Cc1ccc(C(=O)c2nc3ccccc3n2-c2ccc(COCC(=O)O)cc2)cc1. The number of carbonyl (C=O) groups is 2. The summed E-state index contributed by atoms with van der Waals surface area (Å²) >= 11 is 0. The molecule has 1 aromatic heterocycles. The molecule has 0 amide bonds. The van der Waals surface area contributed by atoms with Gasteiger partial charge in [-0.05, 0) is 36.8 Å². The molecule has 0 saturated carbocycles. The van der Waals surface area contributed by atoms with Gasteiger partial charge in [0.1, 0.15) is 6.61 Å². The Bertz CT molecular complexity index is 1210. The maximum absolute atomic E-state index is 13.2. The lowest BCUT2D eigenvalue weighted by molar-refractivity contribution is -0.142. The summed E-state index contributed by atoms with van der Waals surface area (Å²) in [4.78, 5) is 28.4. The molecule has 0 unspecified atom stereocenters. The molecule has 6 nitrogen and oxygen atoms in total. The molecule has 0 aliphatic rings. The molecule has 4 aromatic rings. The topological polar surface area (TPSA) is 81.4 Å². The lowest BCUT2D eigenvalue weighted by atomic mass is 10.1. The minimum absolute atomic E-state index is 0.153. The molecule has 1 N–H and O–H groups in total. The van der Waals surface area contributed by atoms with Crippen LogP contribution in [0.2, 0.25) is 0 Å². The quantitative estimate of drug-likeness (QED) is 0.471. The van der Waals surface area contributed by atoms with Gasteiger partial charge < -0.3 is 9.84 Å². The van der Waals surface area contributed by atoms with Crippen LogP contribution in [0, 0.1) is 6.92 Å². The van der Waals surface area contributed by atoms with Crippen LogP contribution in [0.25, 0.3) is 16.7 Å². The van der Waals surface area contributed by atoms with Crippen molar-refractivity contribution in [1.29, 1.82) is 0 Å². The summed E-state index contributed by atoms with van der Waals surface area (Å²) in [5, 5.41) is 8.69. The van der Waals surface area contributed by atoms with Crippen LogP contribution in [-0.4, -0.2) is 33.0 Å². The van der Waals surface area contributed by atoms with E-state index in [9.17, 15) is 9.59 Å². The Morgan fingerprint density at radius 1 is 0.967 bits per heavy atom. The van der Waals surface area contributed by atoms with Gasteiger partial charge in [0, 0.05) is 11.3 Å². The van der Waals surface area contributed by atoms with E-state index in [1.54, 1.807) is 0 Å². The molecule has 1 heterocycles. The van der Waals surface area contributed by atoms with Crippen molar-refractivity contribution in [3.63, 3.8) is 0 Å². The number of imidazole rings is 1. The van der Waals surface area contributed by atoms with E-state index in [4.69, 9.17) is 9.84 Å². The molecule has 150 valence electrons. The number of rotatable bonds is 7. The zero-order chi connectivity index (χ0) is 21.1. The summed E-state index contributed by atoms with van der Waals surface area (Å²) in [6.07, 6.45) is 0. The van der Waals surface area contributed by atoms with Gasteiger partial charge in [0.2, 0.25) is 5.78 Å². The summed E-state index contributed by atoms with van der Waals surface area (Å²) in [7, 11) is 0. The summed E-state index contributed by atoms with van der Waals surface area (Å²) in [6, 6.07) is 22.5. The van der Waals surface area contributed by atoms with Crippen molar-refractivity contribution in [3.05, 3.63) is 95.3 Å². The largest absolute Gasteiger partial charge is 0.480 e. The molecule has 0 aliphatic carbocycles. The van der Waals surface area contributed by atoms with E-state index in [-0.39, 0.29) is 19.0 Å². The van der Waals surface area contributed by atoms with Crippen molar-refractivity contribution >= 4 is 22.8 Å². The summed E-state index contributed by atoms with van der Waals surface area (Å²) in [6.45, 7) is 1.83. The minimum Gasteiger partial charge on any atom is -0.480 e. The monoisotopic (exact) mass is 400 g/mol. The number of ketones is 1. The van der Waals surface area contributed by atoms with Crippen LogP contribution in [0.5, 0.6) is 0 Å². The number of benzene rings is 3. The smallest absolute Gasteiger partial charge is 0.329 e. The van der Waals surface area contributed by atoms with Gasteiger partial charge in [-0.2, -0.15) is 0 Å². The van der Waals surface area contributed by atoms with E-state index in [1.807, 2.05) is 84.3 Å². The number of carboxylic acid groups (broad SMARTS) is 1. The van der Waals surface area contributed by atoms with Crippen LogP contribution < -0.4 is 0 Å². The normalized spacial score (nSPS) is 11.0. The van der Waals surface area contributed by atoms with Crippen LogP contribution in [0.15, 0.2) is 72.8 Å². The third-order valence-corrected chi connectivity index (χ3v) is 4.77. The molecular formula is C24H20N2O4. The summed E-state index contributed by atoms with van der Waals surface area (Å²) < 4.78 is 6.99.